The summed E-state index contributed by atoms with van der Waals surface area (Å²) in [5.41, 5.74) is 4.21. The van der Waals surface area contributed by atoms with Crippen molar-refractivity contribution in [2.75, 3.05) is 47.4 Å². The van der Waals surface area contributed by atoms with E-state index >= 15 is 0 Å². The number of nitrogens with zero attached hydrogens (tertiary/aromatic N) is 5. The molecule has 1 atom stereocenters. The van der Waals surface area contributed by atoms with Crippen LogP contribution in [-0.2, 0) is 25.9 Å². The summed E-state index contributed by atoms with van der Waals surface area (Å²) in [5.74, 6) is 0.959. The predicted octanol–water partition coefficient (Wildman–Crippen LogP) is 2.45. The molecule has 0 N–H and O–H groups in total. The molecule has 1 aliphatic carbocycles. The van der Waals surface area contributed by atoms with Gasteiger partial charge in [-0.25, -0.2) is 0 Å². The van der Waals surface area contributed by atoms with Gasteiger partial charge in [-0.2, -0.15) is 5.10 Å². The van der Waals surface area contributed by atoms with Crippen LogP contribution in [0.2, 0.25) is 0 Å². The Labute approximate surface area is 191 Å². The van der Waals surface area contributed by atoms with Crippen molar-refractivity contribution in [3.63, 3.8) is 0 Å². The first-order valence-corrected chi connectivity index (χ1v) is 11.5. The van der Waals surface area contributed by atoms with E-state index in [0.717, 1.165) is 63.3 Å². The van der Waals surface area contributed by atoms with Gasteiger partial charge in [-0.3, -0.25) is 14.4 Å². The van der Waals surface area contributed by atoms with E-state index in [1.807, 2.05) is 27.8 Å². The van der Waals surface area contributed by atoms with Gasteiger partial charge in [0.15, 0.2) is 5.69 Å². The predicted molar refractivity (Wildman–Crippen MR) is 126 cm³/mol. The first-order chi connectivity index (χ1) is 15.5. The summed E-state index contributed by atoms with van der Waals surface area (Å²) >= 11 is 0. The molecular weight excluding hydrogens is 402 g/mol. The fourth-order valence-corrected chi connectivity index (χ4v) is 4.84. The van der Waals surface area contributed by atoms with Crippen molar-refractivity contribution >= 4 is 5.91 Å². The number of allylic oxidation sites excluding steroid dienone is 1. The molecule has 0 unspecified atom stereocenters. The molecule has 1 saturated heterocycles. The van der Waals surface area contributed by atoms with E-state index in [2.05, 4.69) is 42.6 Å². The second-order valence-electron chi connectivity index (χ2n) is 9.00. The number of ether oxygens (including phenoxy) is 1. The molecule has 2 aromatic rings. The molecule has 2 aliphatic rings. The first kappa shape index (κ1) is 22.6. The Kier molecular flexibility index (Phi) is 6.96. The number of likely N-dealkylation sites (N-methyl/N-ethyl adjacent to an activating group) is 2. The summed E-state index contributed by atoms with van der Waals surface area (Å²) in [4.78, 5) is 20.0. The van der Waals surface area contributed by atoms with Crippen molar-refractivity contribution in [3.8, 4) is 5.75 Å². The fraction of sp³-hybridized carbons (Fsp3) is 0.520. The number of amides is 1. The molecule has 32 heavy (non-hydrogen) atoms. The highest BCUT2D eigenvalue weighted by molar-refractivity contribution is 5.94. The van der Waals surface area contributed by atoms with E-state index in [-0.39, 0.29) is 5.91 Å². The van der Waals surface area contributed by atoms with Gasteiger partial charge >= 0.3 is 0 Å². The maximum atomic E-state index is 13.4. The molecule has 0 saturated carbocycles. The minimum atomic E-state index is 0.0771. The van der Waals surface area contributed by atoms with Gasteiger partial charge in [0, 0.05) is 50.0 Å². The van der Waals surface area contributed by atoms with Gasteiger partial charge < -0.3 is 14.5 Å². The van der Waals surface area contributed by atoms with Crippen LogP contribution in [0.5, 0.6) is 5.75 Å². The average Bonchev–Trinajstić information content (AvgIpc) is 3.17. The number of hydrogen-bond acceptors (Lipinski definition) is 5. The molecule has 7 nitrogen and oxygen atoms in total. The SMILES string of the molecule is C=CCn1nc(C(=O)N2CCN(C)CC2)c2c1CC[C@H](N(C)Cc1cccc(OC)c1)C2. The number of benzene rings is 1. The lowest BCUT2D eigenvalue weighted by atomic mass is 9.90. The average molecular weight is 438 g/mol. The lowest BCUT2D eigenvalue weighted by Gasteiger charge is -2.33. The van der Waals surface area contributed by atoms with Crippen molar-refractivity contribution in [3.05, 3.63) is 59.4 Å². The van der Waals surface area contributed by atoms with Crippen LogP contribution in [0, 0.1) is 0 Å². The number of rotatable bonds is 7. The highest BCUT2D eigenvalue weighted by atomic mass is 16.5. The smallest absolute Gasteiger partial charge is 0.274 e. The number of fused-ring (bicyclic) bond motifs is 1. The molecule has 1 aromatic carbocycles. The molecule has 2 heterocycles. The van der Waals surface area contributed by atoms with Crippen LogP contribution in [0.3, 0.4) is 0 Å². The van der Waals surface area contributed by atoms with Crippen LogP contribution in [0.25, 0.3) is 0 Å². The van der Waals surface area contributed by atoms with Gasteiger partial charge in [-0.1, -0.05) is 18.2 Å². The van der Waals surface area contributed by atoms with Crippen molar-refractivity contribution in [1.82, 2.24) is 24.5 Å². The minimum absolute atomic E-state index is 0.0771. The topological polar surface area (TPSA) is 53.8 Å². The first-order valence-electron chi connectivity index (χ1n) is 11.5. The van der Waals surface area contributed by atoms with Crippen LogP contribution < -0.4 is 4.74 Å². The van der Waals surface area contributed by atoms with Gasteiger partial charge in [0.05, 0.1) is 13.7 Å². The van der Waals surface area contributed by atoms with E-state index in [4.69, 9.17) is 9.84 Å². The lowest BCUT2D eigenvalue weighted by Crippen LogP contribution is -2.47. The lowest BCUT2D eigenvalue weighted by molar-refractivity contribution is 0.0655. The molecule has 0 radical (unpaired) electrons. The number of hydrogen-bond donors (Lipinski definition) is 0. The van der Waals surface area contributed by atoms with Gasteiger partial charge in [-0.05, 0) is 51.1 Å². The Balaban J connectivity index is 1.54. The fourth-order valence-electron chi connectivity index (χ4n) is 4.84. The number of aromatic nitrogens is 2. The van der Waals surface area contributed by atoms with Crippen molar-refractivity contribution in [2.24, 2.45) is 0 Å². The van der Waals surface area contributed by atoms with Crippen molar-refractivity contribution < 1.29 is 9.53 Å². The second-order valence-corrected chi connectivity index (χ2v) is 9.00. The molecular formula is C25H35N5O2. The molecule has 1 amide bonds. The molecule has 0 spiro atoms. The molecule has 1 aromatic heterocycles. The van der Waals surface area contributed by atoms with Crippen molar-refractivity contribution in [2.45, 2.75) is 38.4 Å². The largest absolute Gasteiger partial charge is 0.497 e. The van der Waals surface area contributed by atoms with Crippen LogP contribution in [0.4, 0.5) is 0 Å². The Morgan fingerprint density at radius 2 is 2.09 bits per heavy atom. The molecule has 1 fully saturated rings. The van der Waals surface area contributed by atoms with Crippen LogP contribution in [0.1, 0.15) is 33.7 Å². The Morgan fingerprint density at radius 1 is 1.31 bits per heavy atom. The van der Waals surface area contributed by atoms with Crippen LogP contribution in [-0.4, -0.2) is 83.8 Å². The summed E-state index contributed by atoms with van der Waals surface area (Å²) in [7, 11) is 5.97. The zero-order chi connectivity index (χ0) is 22.7. The normalized spacial score (nSPS) is 19.1. The Bertz CT molecular complexity index is 961. The summed E-state index contributed by atoms with van der Waals surface area (Å²) < 4.78 is 7.37. The van der Waals surface area contributed by atoms with E-state index < -0.39 is 0 Å². The number of carbonyl (C=O) groups excluding carboxylic acids is 1. The van der Waals surface area contributed by atoms with Crippen molar-refractivity contribution in [1.29, 1.82) is 0 Å². The Hall–Kier alpha value is -2.64. The standard InChI is InChI=1S/C25H35N5O2/c1-5-11-30-23-10-9-20(28(3)18-19-7-6-8-21(16-19)32-4)17-22(23)24(26-30)25(31)29-14-12-27(2)13-15-29/h5-8,16,20H,1,9-15,17-18H2,2-4H3/t20-/m0/s1. The second kappa shape index (κ2) is 9.88. The highest BCUT2D eigenvalue weighted by Gasteiger charge is 2.33. The summed E-state index contributed by atoms with van der Waals surface area (Å²) in [6.07, 6.45) is 4.69. The number of carbonyl (C=O) groups is 1. The molecule has 0 bridgehead atoms. The zero-order valence-corrected chi connectivity index (χ0v) is 19.6. The highest BCUT2D eigenvalue weighted by Crippen LogP contribution is 2.29. The third-order valence-corrected chi connectivity index (χ3v) is 6.81. The Morgan fingerprint density at radius 3 is 2.81 bits per heavy atom. The zero-order valence-electron chi connectivity index (χ0n) is 19.6. The number of methoxy groups -OCH3 is 1. The van der Waals surface area contributed by atoms with Crippen LogP contribution >= 0.6 is 0 Å². The third-order valence-electron chi connectivity index (χ3n) is 6.81. The monoisotopic (exact) mass is 437 g/mol. The molecule has 1 aliphatic heterocycles. The van der Waals surface area contributed by atoms with Crippen LogP contribution in [0.15, 0.2) is 36.9 Å². The summed E-state index contributed by atoms with van der Waals surface area (Å²) in [6.45, 7) is 8.71. The van der Waals surface area contributed by atoms with Gasteiger partial charge in [0.1, 0.15) is 5.75 Å². The van der Waals surface area contributed by atoms with Gasteiger partial charge in [0.2, 0.25) is 0 Å². The number of piperazine rings is 1. The molecule has 7 heteroatoms. The van der Waals surface area contributed by atoms with E-state index in [1.54, 1.807) is 7.11 Å². The van der Waals surface area contributed by atoms with Gasteiger partial charge in [0.25, 0.3) is 5.91 Å². The maximum Gasteiger partial charge on any atom is 0.274 e. The summed E-state index contributed by atoms with van der Waals surface area (Å²) in [6, 6.07) is 8.61. The maximum absolute atomic E-state index is 13.4. The quantitative estimate of drug-likeness (QED) is 0.623. The molecule has 172 valence electrons. The molecule has 4 rings (SSSR count). The van der Waals surface area contributed by atoms with E-state index in [0.29, 0.717) is 18.3 Å². The third kappa shape index (κ3) is 4.74. The summed E-state index contributed by atoms with van der Waals surface area (Å²) in [5, 5.41) is 4.78. The minimum Gasteiger partial charge on any atom is -0.497 e. The van der Waals surface area contributed by atoms with E-state index in [1.165, 1.54) is 11.3 Å². The van der Waals surface area contributed by atoms with E-state index in [9.17, 15) is 4.79 Å². The van der Waals surface area contributed by atoms with Gasteiger partial charge in [-0.15, -0.1) is 6.58 Å².